The zero-order chi connectivity index (χ0) is 14.4. The Kier molecular flexibility index (Phi) is 5.36. The fourth-order valence-corrected chi connectivity index (χ4v) is 2.57. The molecule has 0 aromatic heterocycles. The Morgan fingerprint density at radius 2 is 1.90 bits per heavy atom. The van der Waals surface area contributed by atoms with E-state index < -0.39 is 0 Å². The standard InChI is InChI=1S/C17H17BrO2/c1-2-20-17(19)16(11-13-7-4-3-5-8-13)14-9-6-10-15(18)12-14/h3-10,12,16H,2,11H2,1H3. The van der Waals surface area contributed by atoms with Gasteiger partial charge in [0.2, 0.25) is 0 Å². The molecule has 104 valence electrons. The Bertz CT molecular complexity index is 566. The minimum Gasteiger partial charge on any atom is -0.466 e. The van der Waals surface area contributed by atoms with Crippen LogP contribution in [0.1, 0.15) is 24.0 Å². The third kappa shape index (κ3) is 3.94. The normalized spacial score (nSPS) is 11.9. The number of ether oxygens (including phenoxy) is 1. The van der Waals surface area contributed by atoms with Crippen LogP contribution in [-0.4, -0.2) is 12.6 Å². The van der Waals surface area contributed by atoms with Crippen molar-refractivity contribution in [2.24, 2.45) is 0 Å². The average molecular weight is 333 g/mol. The van der Waals surface area contributed by atoms with Crippen molar-refractivity contribution in [1.29, 1.82) is 0 Å². The van der Waals surface area contributed by atoms with Crippen LogP contribution in [0.2, 0.25) is 0 Å². The SMILES string of the molecule is CCOC(=O)C(Cc1ccccc1)c1cccc(Br)c1. The van der Waals surface area contributed by atoms with Gasteiger partial charge in [-0.3, -0.25) is 4.79 Å². The molecule has 0 aliphatic carbocycles. The maximum absolute atomic E-state index is 12.2. The summed E-state index contributed by atoms with van der Waals surface area (Å²) in [4.78, 5) is 12.2. The van der Waals surface area contributed by atoms with Gasteiger partial charge in [-0.2, -0.15) is 0 Å². The highest BCUT2D eigenvalue weighted by Gasteiger charge is 2.22. The lowest BCUT2D eigenvalue weighted by Crippen LogP contribution is -2.18. The van der Waals surface area contributed by atoms with Gasteiger partial charge in [0.15, 0.2) is 0 Å². The lowest BCUT2D eigenvalue weighted by molar-refractivity contribution is -0.144. The molecule has 0 spiro atoms. The van der Waals surface area contributed by atoms with E-state index in [0.29, 0.717) is 13.0 Å². The number of carbonyl (C=O) groups excluding carboxylic acids is 1. The second-order valence-corrected chi connectivity index (χ2v) is 5.47. The first-order valence-electron chi connectivity index (χ1n) is 6.66. The summed E-state index contributed by atoms with van der Waals surface area (Å²) in [6.07, 6.45) is 0.649. The molecule has 2 aromatic carbocycles. The monoisotopic (exact) mass is 332 g/mol. The summed E-state index contributed by atoms with van der Waals surface area (Å²) in [5.41, 5.74) is 2.10. The summed E-state index contributed by atoms with van der Waals surface area (Å²) in [5, 5.41) is 0. The molecule has 1 atom stereocenters. The van der Waals surface area contributed by atoms with Crippen LogP contribution in [0.25, 0.3) is 0 Å². The number of esters is 1. The molecule has 20 heavy (non-hydrogen) atoms. The lowest BCUT2D eigenvalue weighted by atomic mass is 9.92. The van der Waals surface area contributed by atoms with Crippen LogP contribution in [0.3, 0.4) is 0 Å². The van der Waals surface area contributed by atoms with Gasteiger partial charge >= 0.3 is 5.97 Å². The molecule has 0 bridgehead atoms. The van der Waals surface area contributed by atoms with Gasteiger partial charge in [-0.1, -0.05) is 58.4 Å². The molecule has 0 saturated carbocycles. The van der Waals surface area contributed by atoms with Gasteiger partial charge in [-0.05, 0) is 36.6 Å². The van der Waals surface area contributed by atoms with E-state index in [4.69, 9.17) is 4.74 Å². The van der Waals surface area contributed by atoms with E-state index in [1.165, 1.54) is 0 Å². The molecular weight excluding hydrogens is 316 g/mol. The molecule has 0 aliphatic rings. The second kappa shape index (κ2) is 7.25. The fourth-order valence-electron chi connectivity index (χ4n) is 2.15. The van der Waals surface area contributed by atoms with Gasteiger partial charge < -0.3 is 4.74 Å². The Morgan fingerprint density at radius 1 is 1.15 bits per heavy atom. The van der Waals surface area contributed by atoms with Crippen molar-refractivity contribution >= 4 is 21.9 Å². The first kappa shape index (κ1) is 14.8. The predicted octanol–water partition coefficient (Wildman–Crippen LogP) is 4.34. The number of hydrogen-bond donors (Lipinski definition) is 0. The van der Waals surface area contributed by atoms with Crippen molar-refractivity contribution in [2.45, 2.75) is 19.3 Å². The molecular formula is C17H17BrO2. The van der Waals surface area contributed by atoms with Crippen LogP contribution in [0, 0.1) is 0 Å². The predicted molar refractivity (Wildman–Crippen MR) is 83.7 cm³/mol. The van der Waals surface area contributed by atoms with Crippen LogP contribution in [0.4, 0.5) is 0 Å². The van der Waals surface area contributed by atoms with Crippen LogP contribution in [-0.2, 0) is 16.0 Å². The minimum atomic E-state index is -0.269. The van der Waals surface area contributed by atoms with E-state index in [9.17, 15) is 4.79 Å². The third-order valence-corrected chi connectivity index (χ3v) is 3.60. The molecule has 0 aliphatic heterocycles. The van der Waals surface area contributed by atoms with E-state index in [2.05, 4.69) is 15.9 Å². The smallest absolute Gasteiger partial charge is 0.313 e. The largest absolute Gasteiger partial charge is 0.466 e. The van der Waals surface area contributed by atoms with Crippen molar-refractivity contribution in [1.82, 2.24) is 0 Å². The van der Waals surface area contributed by atoms with E-state index in [1.54, 1.807) is 0 Å². The fraction of sp³-hybridized carbons (Fsp3) is 0.235. The van der Waals surface area contributed by atoms with Gasteiger partial charge in [-0.25, -0.2) is 0 Å². The third-order valence-electron chi connectivity index (χ3n) is 3.10. The number of benzene rings is 2. The summed E-state index contributed by atoms with van der Waals surface area (Å²) in [6.45, 7) is 2.23. The maximum atomic E-state index is 12.2. The highest BCUT2D eigenvalue weighted by molar-refractivity contribution is 9.10. The molecule has 0 heterocycles. The highest BCUT2D eigenvalue weighted by atomic mass is 79.9. The quantitative estimate of drug-likeness (QED) is 0.761. The Balaban J connectivity index is 2.27. The van der Waals surface area contributed by atoms with Gasteiger partial charge in [0.25, 0.3) is 0 Å². The van der Waals surface area contributed by atoms with Crippen LogP contribution < -0.4 is 0 Å². The van der Waals surface area contributed by atoms with Crippen molar-refractivity contribution < 1.29 is 9.53 Å². The van der Waals surface area contributed by atoms with E-state index in [1.807, 2.05) is 61.5 Å². The number of rotatable bonds is 5. The Hall–Kier alpha value is -1.61. The first-order chi connectivity index (χ1) is 9.70. The molecule has 0 fully saturated rings. The molecule has 1 unspecified atom stereocenters. The Morgan fingerprint density at radius 3 is 2.55 bits per heavy atom. The molecule has 3 heteroatoms. The Labute approximate surface area is 127 Å². The van der Waals surface area contributed by atoms with Gasteiger partial charge in [0.1, 0.15) is 0 Å². The zero-order valence-corrected chi connectivity index (χ0v) is 13.0. The first-order valence-corrected chi connectivity index (χ1v) is 7.46. The van der Waals surface area contributed by atoms with Crippen molar-refractivity contribution in [3.63, 3.8) is 0 Å². The average Bonchev–Trinajstić information content (AvgIpc) is 2.46. The van der Waals surface area contributed by atoms with Crippen LogP contribution in [0.5, 0.6) is 0 Å². The zero-order valence-electron chi connectivity index (χ0n) is 11.4. The van der Waals surface area contributed by atoms with Crippen molar-refractivity contribution in [3.8, 4) is 0 Å². The molecule has 0 amide bonds. The van der Waals surface area contributed by atoms with Gasteiger partial charge in [0.05, 0.1) is 12.5 Å². The number of halogens is 1. The van der Waals surface area contributed by atoms with Crippen molar-refractivity contribution in [3.05, 3.63) is 70.2 Å². The van der Waals surface area contributed by atoms with E-state index >= 15 is 0 Å². The summed E-state index contributed by atoms with van der Waals surface area (Å²) in [5.74, 6) is -0.440. The number of carbonyl (C=O) groups is 1. The molecule has 2 rings (SSSR count). The molecule has 0 saturated heterocycles. The molecule has 0 radical (unpaired) electrons. The molecule has 2 nitrogen and oxygen atoms in total. The number of hydrogen-bond acceptors (Lipinski definition) is 2. The van der Waals surface area contributed by atoms with E-state index in [0.717, 1.165) is 15.6 Å². The van der Waals surface area contributed by atoms with Gasteiger partial charge in [0, 0.05) is 4.47 Å². The van der Waals surface area contributed by atoms with Crippen LogP contribution >= 0.6 is 15.9 Å². The second-order valence-electron chi connectivity index (χ2n) is 4.55. The molecule has 2 aromatic rings. The summed E-state index contributed by atoms with van der Waals surface area (Å²) < 4.78 is 6.19. The summed E-state index contributed by atoms with van der Waals surface area (Å²) >= 11 is 3.45. The topological polar surface area (TPSA) is 26.3 Å². The van der Waals surface area contributed by atoms with Gasteiger partial charge in [-0.15, -0.1) is 0 Å². The molecule has 0 N–H and O–H groups in total. The summed E-state index contributed by atoms with van der Waals surface area (Å²) in [7, 11) is 0. The van der Waals surface area contributed by atoms with Crippen molar-refractivity contribution in [2.75, 3.05) is 6.61 Å². The minimum absolute atomic E-state index is 0.172. The maximum Gasteiger partial charge on any atom is 0.313 e. The van der Waals surface area contributed by atoms with E-state index in [-0.39, 0.29) is 11.9 Å². The summed E-state index contributed by atoms with van der Waals surface area (Å²) in [6, 6.07) is 17.8. The van der Waals surface area contributed by atoms with Crippen LogP contribution in [0.15, 0.2) is 59.1 Å². The lowest BCUT2D eigenvalue weighted by Gasteiger charge is -2.16. The highest BCUT2D eigenvalue weighted by Crippen LogP contribution is 2.25.